The van der Waals surface area contributed by atoms with Crippen LogP contribution in [-0.4, -0.2) is 34.2 Å². The number of hydrogen-bond acceptors (Lipinski definition) is 3. The van der Waals surface area contributed by atoms with Crippen molar-refractivity contribution in [3.05, 3.63) is 0 Å². The van der Waals surface area contributed by atoms with Crippen LogP contribution in [0.25, 0.3) is 0 Å². The molecule has 0 aromatic carbocycles. The second kappa shape index (κ2) is 7.17. The van der Waals surface area contributed by atoms with Crippen molar-refractivity contribution in [2.45, 2.75) is 63.3 Å². The van der Waals surface area contributed by atoms with Crippen molar-refractivity contribution in [3.8, 4) is 0 Å². The van der Waals surface area contributed by atoms with Crippen LogP contribution < -0.4 is 5.32 Å². The summed E-state index contributed by atoms with van der Waals surface area (Å²) in [6.45, 7) is 4.30. The Kier molecular flexibility index (Phi) is 6.21. The summed E-state index contributed by atoms with van der Waals surface area (Å²) in [5, 5.41) is 13.0. The highest BCUT2D eigenvalue weighted by molar-refractivity contribution is 7.99. The Hall–Kier alpha value is -0.220. The summed E-state index contributed by atoms with van der Waals surface area (Å²) in [7, 11) is 0. The lowest BCUT2D eigenvalue weighted by molar-refractivity contribution is -0.137. The SMILES string of the molecule is CCSC1CCC(NC(C)CCC(=O)O)C1. The second-order valence-corrected chi connectivity index (χ2v) is 6.16. The van der Waals surface area contributed by atoms with E-state index in [2.05, 4.69) is 30.9 Å². The molecule has 1 rings (SSSR count). The largest absolute Gasteiger partial charge is 0.481 e. The molecule has 0 aliphatic heterocycles. The van der Waals surface area contributed by atoms with Crippen LogP contribution in [-0.2, 0) is 4.79 Å². The fourth-order valence-corrected chi connectivity index (χ4v) is 3.45. The molecular weight excluding hydrogens is 222 g/mol. The molecule has 0 amide bonds. The molecule has 1 saturated carbocycles. The summed E-state index contributed by atoms with van der Waals surface area (Å²) < 4.78 is 0. The maximum atomic E-state index is 10.4. The zero-order valence-electron chi connectivity index (χ0n) is 10.2. The molecule has 3 atom stereocenters. The van der Waals surface area contributed by atoms with Gasteiger partial charge in [-0.25, -0.2) is 0 Å². The molecule has 1 aliphatic rings. The third-order valence-electron chi connectivity index (χ3n) is 3.10. The van der Waals surface area contributed by atoms with Gasteiger partial charge in [-0.3, -0.25) is 4.79 Å². The topological polar surface area (TPSA) is 49.3 Å². The molecule has 3 nitrogen and oxygen atoms in total. The lowest BCUT2D eigenvalue weighted by atomic mass is 10.1. The number of carboxylic acids is 1. The molecular formula is C12H23NO2S. The molecule has 0 bridgehead atoms. The van der Waals surface area contributed by atoms with E-state index in [1.807, 2.05) is 0 Å². The Balaban J connectivity index is 2.15. The van der Waals surface area contributed by atoms with Gasteiger partial charge in [0.2, 0.25) is 0 Å². The van der Waals surface area contributed by atoms with Crippen LogP contribution in [0.15, 0.2) is 0 Å². The summed E-state index contributed by atoms with van der Waals surface area (Å²) >= 11 is 2.05. The summed E-state index contributed by atoms with van der Waals surface area (Å²) in [6.07, 6.45) is 4.80. The maximum absolute atomic E-state index is 10.4. The van der Waals surface area contributed by atoms with E-state index in [-0.39, 0.29) is 6.42 Å². The smallest absolute Gasteiger partial charge is 0.303 e. The fourth-order valence-electron chi connectivity index (χ4n) is 2.30. The van der Waals surface area contributed by atoms with Crippen LogP contribution in [0.2, 0.25) is 0 Å². The van der Waals surface area contributed by atoms with E-state index in [1.54, 1.807) is 0 Å². The Morgan fingerprint density at radius 2 is 2.31 bits per heavy atom. The Labute approximate surface area is 102 Å². The third kappa shape index (κ3) is 5.21. The minimum atomic E-state index is -0.695. The molecule has 94 valence electrons. The lowest BCUT2D eigenvalue weighted by Gasteiger charge is -2.19. The van der Waals surface area contributed by atoms with Gasteiger partial charge < -0.3 is 10.4 Å². The number of hydrogen-bond donors (Lipinski definition) is 2. The molecule has 1 aliphatic carbocycles. The van der Waals surface area contributed by atoms with Gasteiger partial charge in [-0.15, -0.1) is 0 Å². The summed E-state index contributed by atoms with van der Waals surface area (Å²) in [4.78, 5) is 10.4. The summed E-state index contributed by atoms with van der Waals surface area (Å²) in [6, 6.07) is 0.930. The highest BCUT2D eigenvalue weighted by Gasteiger charge is 2.25. The van der Waals surface area contributed by atoms with Gasteiger partial charge in [-0.05, 0) is 38.4 Å². The average molecular weight is 245 g/mol. The van der Waals surface area contributed by atoms with Gasteiger partial charge in [0.1, 0.15) is 0 Å². The predicted octanol–water partition coefficient (Wildman–Crippen LogP) is 2.50. The lowest BCUT2D eigenvalue weighted by Crippen LogP contribution is -2.35. The Morgan fingerprint density at radius 3 is 2.94 bits per heavy atom. The van der Waals surface area contributed by atoms with E-state index >= 15 is 0 Å². The second-order valence-electron chi connectivity index (χ2n) is 4.59. The summed E-state index contributed by atoms with van der Waals surface area (Å²) in [5.74, 6) is 0.505. The Morgan fingerprint density at radius 1 is 1.56 bits per heavy atom. The van der Waals surface area contributed by atoms with Crippen LogP contribution in [0.4, 0.5) is 0 Å². The van der Waals surface area contributed by atoms with Gasteiger partial charge in [0, 0.05) is 23.8 Å². The number of carboxylic acid groups (broad SMARTS) is 1. The molecule has 16 heavy (non-hydrogen) atoms. The van der Waals surface area contributed by atoms with Crippen molar-refractivity contribution in [2.75, 3.05) is 5.75 Å². The number of thioether (sulfide) groups is 1. The zero-order valence-corrected chi connectivity index (χ0v) is 11.1. The molecule has 1 fully saturated rings. The Bertz CT molecular complexity index is 223. The number of rotatable bonds is 7. The van der Waals surface area contributed by atoms with Gasteiger partial charge in [0.05, 0.1) is 0 Å². The van der Waals surface area contributed by atoms with Gasteiger partial charge in [-0.2, -0.15) is 11.8 Å². The highest BCUT2D eigenvalue weighted by Crippen LogP contribution is 2.29. The van der Waals surface area contributed by atoms with E-state index in [1.165, 1.54) is 25.0 Å². The third-order valence-corrected chi connectivity index (χ3v) is 4.33. The molecule has 0 heterocycles. The molecule has 0 saturated heterocycles. The molecule has 3 unspecified atom stereocenters. The van der Waals surface area contributed by atoms with Crippen molar-refractivity contribution < 1.29 is 9.90 Å². The monoisotopic (exact) mass is 245 g/mol. The van der Waals surface area contributed by atoms with E-state index in [4.69, 9.17) is 5.11 Å². The van der Waals surface area contributed by atoms with Crippen LogP contribution in [0.1, 0.15) is 46.0 Å². The van der Waals surface area contributed by atoms with Crippen LogP contribution in [0.3, 0.4) is 0 Å². The first-order chi connectivity index (χ1) is 7.61. The molecule has 0 radical (unpaired) electrons. The first kappa shape index (κ1) is 13.8. The van der Waals surface area contributed by atoms with Gasteiger partial charge in [-0.1, -0.05) is 6.92 Å². The van der Waals surface area contributed by atoms with Gasteiger partial charge in [0.15, 0.2) is 0 Å². The quantitative estimate of drug-likeness (QED) is 0.723. The molecule has 0 aromatic heterocycles. The van der Waals surface area contributed by atoms with Crippen molar-refractivity contribution in [3.63, 3.8) is 0 Å². The standard InChI is InChI=1S/C12H23NO2S/c1-3-16-11-6-5-10(8-11)13-9(2)4-7-12(14)15/h9-11,13H,3-8H2,1-2H3,(H,14,15). The van der Waals surface area contributed by atoms with E-state index in [0.717, 1.165) is 11.7 Å². The van der Waals surface area contributed by atoms with Crippen molar-refractivity contribution in [1.82, 2.24) is 5.32 Å². The van der Waals surface area contributed by atoms with E-state index in [0.29, 0.717) is 12.1 Å². The maximum Gasteiger partial charge on any atom is 0.303 e. The van der Waals surface area contributed by atoms with Gasteiger partial charge in [0.25, 0.3) is 0 Å². The van der Waals surface area contributed by atoms with Crippen LogP contribution in [0, 0.1) is 0 Å². The van der Waals surface area contributed by atoms with Crippen LogP contribution >= 0.6 is 11.8 Å². The minimum Gasteiger partial charge on any atom is -0.481 e. The van der Waals surface area contributed by atoms with Gasteiger partial charge >= 0.3 is 5.97 Å². The molecule has 0 spiro atoms. The number of nitrogens with one attached hydrogen (secondary N) is 1. The normalized spacial score (nSPS) is 26.9. The van der Waals surface area contributed by atoms with Crippen molar-refractivity contribution in [1.29, 1.82) is 0 Å². The molecule has 0 aromatic rings. The molecule has 2 N–H and O–H groups in total. The first-order valence-electron chi connectivity index (χ1n) is 6.21. The summed E-state index contributed by atoms with van der Waals surface area (Å²) in [5.41, 5.74) is 0. The average Bonchev–Trinajstić information content (AvgIpc) is 2.63. The van der Waals surface area contributed by atoms with Crippen molar-refractivity contribution >= 4 is 17.7 Å². The van der Waals surface area contributed by atoms with E-state index in [9.17, 15) is 4.79 Å². The molecule has 4 heteroatoms. The predicted molar refractivity (Wildman–Crippen MR) is 69.0 cm³/mol. The highest BCUT2D eigenvalue weighted by atomic mass is 32.2. The zero-order chi connectivity index (χ0) is 12.0. The van der Waals surface area contributed by atoms with E-state index < -0.39 is 5.97 Å². The van der Waals surface area contributed by atoms with Crippen LogP contribution in [0.5, 0.6) is 0 Å². The van der Waals surface area contributed by atoms with Crippen molar-refractivity contribution in [2.24, 2.45) is 0 Å². The first-order valence-corrected chi connectivity index (χ1v) is 7.26. The number of aliphatic carboxylic acids is 1. The fraction of sp³-hybridized carbons (Fsp3) is 0.917. The number of carbonyl (C=O) groups is 1. The minimum absolute atomic E-state index is 0.272.